The van der Waals surface area contributed by atoms with Crippen molar-refractivity contribution in [3.63, 3.8) is 0 Å². The number of phenols is 1. The molecule has 0 fully saturated rings. The third-order valence-electron chi connectivity index (χ3n) is 4.26. The lowest BCUT2D eigenvalue weighted by Crippen LogP contribution is -2.15. The van der Waals surface area contributed by atoms with Crippen LogP contribution in [0.4, 0.5) is 5.82 Å². The molecule has 0 bridgehead atoms. The highest BCUT2D eigenvalue weighted by atomic mass is 16.3. The van der Waals surface area contributed by atoms with Gasteiger partial charge < -0.3 is 10.4 Å². The normalized spacial score (nSPS) is 12.0. The van der Waals surface area contributed by atoms with E-state index in [-0.39, 0.29) is 11.8 Å². The molecule has 5 nitrogen and oxygen atoms in total. The van der Waals surface area contributed by atoms with E-state index in [0.29, 0.717) is 16.9 Å². The van der Waals surface area contributed by atoms with Crippen molar-refractivity contribution in [3.05, 3.63) is 90.0 Å². The summed E-state index contributed by atoms with van der Waals surface area (Å²) in [5.74, 6) is 0.866. The van der Waals surface area contributed by atoms with Crippen LogP contribution in [0.15, 0.2) is 73.1 Å². The maximum absolute atomic E-state index is 10.9. The quantitative estimate of drug-likeness (QED) is 0.580. The van der Waals surface area contributed by atoms with Crippen LogP contribution in [0.1, 0.15) is 23.0 Å². The molecule has 4 rings (SSSR count). The predicted octanol–water partition coefficient (Wildman–Crippen LogP) is 4.24. The van der Waals surface area contributed by atoms with Crippen LogP contribution >= 0.6 is 0 Å². The van der Waals surface area contributed by atoms with Gasteiger partial charge in [-0.05, 0) is 37.3 Å². The summed E-state index contributed by atoms with van der Waals surface area (Å²) in [5.41, 5.74) is 2.95. The Morgan fingerprint density at radius 1 is 0.885 bits per heavy atom. The van der Waals surface area contributed by atoms with E-state index < -0.39 is 0 Å². The molecule has 3 aromatic heterocycles. The Bertz CT molecular complexity index is 1040. The zero-order chi connectivity index (χ0) is 17.9. The second kappa shape index (κ2) is 6.80. The van der Waals surface area contributed by atoms with Gasteiger partial charge in [-0.25, -0.2) is 9.97 Å². The minimum Gasteiger partial charge on any atom is -0.505 e. The number of nitrogens with one attached hydrogen (secondary N) is 1. The molecule has 4 aromatic rings. The Kier molecular flexibility index (Phi) is 4.19. The first kappa shape index (κ1) is 16.0. The van der Waals surface area contributed by atoms with E-state index in [0.717, 1.165) is 16.8 Å². The molecule has 0 radical (unpaired) electrons. The van der Waals surface area contributed by atoms with E-state index in [4.69, 9.17) is 0 Å². The number of benzene rings is 1. The summed E-state index contributed by atoms with van der Waals surface area (Å²) in [5, 5.41) is 15.2. The van der Waals surface area contributed by atoms with Gasteiger partial charge in [0.2, 0.25) is 0 Å². The Morgan fingerprint density at radius 3 is 2.38 bits per heavy atom. The first-order valence-electron chi connectivity index (χ1n) is 8.40. The van der Waals surface area contributed by atoms with Crippen molar-refractivity contribution >= 4 is 16.7 Å². The molecule has 1 atom stereocenters. The minimum atomic E-state index is -0.349. The number of rotatable bonds is 4. The van der Waals surface area contributed by atoms with Crippen molar-refractivity contribution in [2.45, 2.75) is 13.0 Å². The van der Waals surface area contributed by atoms with Crippen molar-refractivity contribution in [1.82, 2.24) is 15.0 Å². The van der Waals surface area contributed by atoms with Gasteiger partial charge in [0.15, 0.2) is 0 Å². The number of nitrogens with zero attached hydrogens (tertiary/aromatic N) is 3. The molecule has 26 heavy (non-hydrogen) atoms. The molecule has 0 amide bonds. The van der Waals surface area contributed by atoms with E-state index >= 15 is 0 Å². The van der Waals surface area contributed by atoms with E-state index in [1.54, 1.807) is 12.4 Å². The van der Waals surface area contributed by atoms with Crippen LogP contribution in [0.5, 0.6) is 5.75 Å². The molecule has 0 saturated carbocycles. The standard InChI is InChI=1S/C21H18N4O/c1-14-8-9-15-10-11-16(21(26)19(15)24-14)20(17-6-2-4-12-22-17)25-18-7-3-5-13-23-18/h2-13,20,26H,1H3,(H,23,25). The fourth-order valence-electron chi connectivity index (χ4n) is 2.97. The van der Waals surface area contributed by atoms with Gasteiger partial charge in [-0.1, -0.05) is 30.3 Å². The maximum atomic E-state index is 10.9. The van der Waals surface area contributed by atoms with Gasteiger partial charge in [-0.15, -0.1) is 0 Å². The molecular formula is C21H18N4O. The number of aryl methyl sites for hydroxylation is 1. The summed E-state index contributed by atoms with van der Waals surface area (Å²) in [6, 6.07) is 18.8. The van der Waals surface area contributed by atoms with E-state index in [2.05, 4.69) is 20.3 Å². The first-order chi connectivity index (χ1) is 12.7. The van der Waals surface area contributed by atoms with Crippen LogP contribution < -0.4 is 5.32 Å². The largest absolute Gasteiger partial charge is 0.505 e. The first-order valence-corrected chi connectivity index (χ1v) is 8.40. The van der Waals surface area contributed by atoms with Crippen LogP contribution in [-0.2, 0) is 0 Å². The predicted molar refractivity (Wildman–Crippen MR) is 102 cm³/mol. The van der Waals surface area contributed by atoms with Gasteiger partial charge in [-0.3, -0.25) is 4.98 Å². The SMILES string of the molecule is Cc1ccc2ccc(C(Nc3ccccn3)c3ccccn3)c(O)c2n1. The second-order valence-corrected chi connectivity index (χ2v) is 6.07. The molecule has 0 saturated heterocycles. The molecule has 1 unspecified atom stereocenters. The Balaban J connectivity index is 1.86. The number of hydrogen-bond donors (Lipinski definition) is 2. The van der Waals surface area contributed by atoms with Gasteiger partial charge in [0, 0.05) is 29.0 Å². The molecule has 0 aliphatic carbocycles. The van der Waals surface area contributed by atoms with Gasteiger partial charge in [0.1, 0.15) is 17.1 Å². The Hall–Kier alpha value is -3.47. The summed E-state index contributed by atoms with van der Waals surface area (Å²) in [6.07, 6.45) is 3.46. The van der Waals surface area contributed by atoms with Crippen LogP contribution in [0.2, 0.25) is 0 Å². The smallest absolute Gasteiger partial charge is 0.147 e. The molecule has 2 N–H and O–H groups in total. The fourth-order valence-corrected chi connectivity index (χ4v) is 2.97. The van der Waals surface area contributed by atoms with Crippen molar-refractivity contribution in [2.24, 2.45) is 0 Å². The molecule has 0 aliphatic heterocycles. The van der Waals surface area contributed by atoms with E-state index in [1.165, 1.54) is 0 Å². The van der Waals surface area contributed by atoms with Gasteiger partial charge in [0.05, 0.1) is 11.7 Å². The third-order valence-corrected chi connectivity index (χ3v) is 4.26. The number of hydrogen-bond acceptors (Lipinski definition) is 5. The Labute approximate surface area is 151 Å². The van der Waals surface area contributed by atoms with E-state index in [1.807, 2.05) is 67.6 Å². The number of phenolic OH excluding ortho intramolecular Hbond substituents is 1. The maximum Gasteiger partial charge on any atom is 0.147 e. The lowest BCUT2D eigenvalue weighted by molar-refractivity contribution is 0.471. The zero-order valence-corrected chi connectivity index (χ0v) is 14.3. The summed E-state index contributed by atoms with van der Waals surface area (Å²) < 4.78 is 0. The lowest BCUT2D eigenvalue weighted by atomic mass is 9.99. The summed E-state index contributed by atoms with van der Waals surface area (Å²) in [7, 11) is 0. The average Bonchev–Trinajstić information content (AvgIpc) is 2.69. The van der Waals surface area contributed by atoms with Crippen LogP contribution in [0.25, 0.3) is 10.9 Å². The number of aromatic hydroxyl groups is 1. The zero-order valence-electron chi connectivity index (χ0n) is 14.3. The number of aromatic nitrogens is 3. The monoisotopic (exact) mass is 342 g/mol. The van der Waals surface area contributed by atoms with Crippen molar-refractivity contribution in [2.75, 3.05) is 5.32 Å². The molecule has 3 heterocycles. The summed E-state index contributed by atoms with van der Waals surface area (Å²) >= 11 is 0. The van der Waals surface area contributed by atoms with Gasteiger partial charge in [-0.2, -0.15) is 0 Å². The Morgan fingerprint density at radius 2 is 1.65 bits per heavy atom. The summed E-state index contributed by atoms with van der Waals surface area (Å²) in [4.78, 5) is 13.3. The number of anilines is 1. The van der Waals surface area contributed by atoms with Crippen LogP contribution in [0.3, 0.4) is 0 Å². The van der Waals surface area contributed by atoms with Crippen molar-refractivity contribution in [1.29, 1.82) is 0 Å². The third kappa shape index (κ3) is 3.07. The topological polar surface area (TPSA) is 70.9 Å². The average molecular weight is 342 g/mol. The van der Waals surface area contributed by atoms with Crippen molar-refractivity contribution < 1.29 is 5.11 Å². The second-order valence-electron chi connectivity index (χ2n) is 6.07. The lowest BCUT2D eigenvalue weighted by Gasteiger charge is -2.21. The van der Waals surface area contributed by atoms with Crippen LogP contribution in [-0.4, -0.2) is 20.1 Å². The highest BCUT2D eigenvalue weighted by Gasteiger charge is 2.21. The van der Waals surface area contributed by atoms with Gasteiger partial charge in [0.25, 0.3) is 0 Å². The van der Waals surface area contributed by atoms with Crippen molar-refractivity contribution in [3.8, 4) is 5.75 Å². The van der Waals surface area contributed by atoms with Crippen LogP contribution in [0, 0.1) is 6.92 Å². The number of pyridine rings is 3. The minimum absolute atomic E-state index is 0.158. The van der Waals surface area contributed by atoms with E-state index in [9.17, 15) is 5.11 Å². The molecular weight excluding hydrogens is 324 g/mol. The van der Waals surface area contributed by atoms with Gasteiger partial charge >= 0.3 is 0 Å². The molecule has 128 valence electrons. The molecule has 0 aliphatic rings. The molecule has 0 spiro atoms. The highest BCUT2D eigenvalue weighted by molar-refractivity contribution is 5.86. The summed E-state index contributed by atoms with van der Waals surface area (Å²) in [6.45, 7) is 1.91. The number of fused-ring (bicyclic) bond motifs is 1. The fraction of sp³-hybridized carbons (Fsp3) is 0.0952. The molecule has 5 heteroatoms. The highest BCUT2D eigenvalue weighted by Crippen LogP contribution is 2.35. The molecule has 1 aromatic carbocycles.